The van der Waals surface area contributed by atoms with Crippen LogP contribution < -0.4 is 5.32 Å². The quantitative estimate of drug-likeness (QED) is 0.280. The first-order chi connectivity index (χ1) is 16.8. The summed E-state index contributed by atoms with van der Waals surface area (Å²) in [7, 11) is 0. The minimum absolute atomic E-state index is 0.0116. The summed E-state index contributed by atoms with van der Waals surface area (Å²) in [5, 5.41) is 3.04. The van der Waals surface area contributed by atoms with Crippen molar-refractivity contribution in [2.24, 2.45) is 0 Å². The fourth-order valence-electron chi connectivity index (χ4n) is 3.76. The van der Waals surface area contributed by atoms with Crippen molar-refractivity contribution in [2.45, 2.75) is 57.1 Å². The smallest absolute Gasteiger partial charge is 0.243 e. The Bertz CT molecular complexity index is 1090. The number of benzene rings is 3. The van der Waals surface area contributed by atoms with E-state index in [1.165, 1.54) is 5.56 Å². The summed E-state index contributed by atoms with van der Waals surface area (Å²) >= 11 is 5.14. The third-order valence-corrected chi connectivity index (χ3v) is 7.12. The van der Waals surface area contributed by atoms with Crippen LogP contribution in [0.2, 0.25) is 0 Å². The summed E-state index contributed by atoms with van der Waals surface area (Å²) in [6.07, 6.45) is 0.822. The first kappa shape index (κ1) is 27.0. The van der Waals surface area contributed by atoms with E-state index in [1.807, 2.05) is 68.4 Å². The second kappa shape index (κ2) is 13.5. The van der Waals surface area contributed by atoms with Gasteiger partial charge in [0.05, 0.1) is 0 Å². The van der Waals surface area contributed by atoms with Crippen LogP contribution in [0.1, 0.15) is 37.0 Å². The molecule has 6 heteroatoms. The number of thioether (sulfide) groups is 1. The van der Waals surface area contributed by atoms with Crippen LogP contribution in [0.25, 0.3) is 0 Å². The van der Waals surface area contributed by atoms with E-state index in [0.717, 1.165) is 20.5 Å². The summed E-state index contributed by atoms with van der Waals surface area (Å²) in [6, 6.07) is 25.5. The first-order valence-electron chi connectivity index (χ1n) is 11.9. The van der Waals surface area contributed by atoms with Crippen LogP contribution in [0.4, 0.5) is 0 Å². The summed E-state index contributed by atoms with van der Waals surface area (Å²) < 4.78 is 0.979. The highest BCUT2D eigenvalue weighted by Crippen LogP contribution is 2.22. The molecule has 4 nitrogen and oxygen atoms in total. The third-order valence-electron chi connectivity index (χ3n) is 5.57. The Morgan fingerprint density at radius 3 is 2.20 bits per heavy atom. The molecule has 0 saturated carbocycles. The highest BCUT2D eigenvalue weighted by Gasteiger charge is 2.30. The Hall–Kier alpha value is -2.57. The highest BCUT2D eigenvalue weighted by molar-refractivity contribution is 9.10. The van der Waals surface area contributed by atoms with Gasteiger partial charge in [-0.25, -0.2) is 0 Å². The predicted molar refractivity (Wildman–Crippen MR) is 148 cm³/mol. The zero-order valence-electron chi connectivity index (χ0n) is 20.5. The molecule has 0 aromatic heterocycles. The molecule has 3 aromatic rings. The highest BCUT2D eigenvalue weighted by atomic mass is 79.9. The normalized spacial score (nSPS) is 11.8. The average molecular weight is 554 g/mol. The van der Waals surface area contributed by atoms with E-state index in [1.54, 1.807) is 16.7 Å². The van der Waals surface area contributed by atoms with Crippen LogP contribution >= 0.6 is 27.7 Å². The van der Waals surface area contributed by atoms with E-state index in [2.05, 4.69) is 52.4 Å². The minimum atomic E-state index is -0.597. The third kappa shape index (κ3) is 8.86. The van der Waals surface area contributed by atoms with Gasteiger partial charge in [0.15, 0.2) is 0 Å². The maximum absolute atomic E-state index is 13.6. The topological polar surface area (TPSA) is 49.4 Å². The van der Waals surface area contributed by atoms with E-state index in [4.69, 9.17) is 0 Å². The molecule has 1 atom stereocenters. The molecule has 0 saturated heterocycles. The van der Waals surface area contributed by atoms with Crippen molar-refractivity contribution in [3.63, 3.8) is 0 Å². The largest absolute Gasteiger partial charge is 0.352 e. The number of carbonyl (C=O) groups is 2. The molecule has 0 bridgehead atoms. The van der Waals surface area contributed by atoms with Crippen molar-refractivity contribution in [1.82, 2.24) is 10.2 Å². The number of halogens is 1. The molecule has 0 aliphatic heterocycles. The number of hydrogen-bond donors (Lipinski definition) is 1. The second-order valence-corrected chi connectivity index (χ2v) is 11.0. The van der Waals surface area contributed by atoms with Crippen LogP contribution in [0.5, 0.6) is 0 Å². The van der Waals surface area contributed by atoms with Gasteiger partial charge in [0.2, 0.25) is 11.8 Å². The van der Waals surface area contributed by atoms with Gasteiger partial charge < -0.3 is 10.2 Å². The van der Waals surface area contributed by atoms with Gasteiger partial charge in [-0.05, 0) is 56.2 Å². The lowest BCUT2D eigenvalue weighted by Gasteiger charge is -2.32. The van der Waals surface area contributed by atoms with Crippen molar-refractivity contribution in [3.8, 4) is 0 Å². The molecular weight excluding hydrogens is 520 g/mol. The average Bonchev–Trinajstić information content (AvgIpc) is 2.84. The molecule has 0 aliphatic carbocycles. The molecule has 2 amide bonds. The van der Waals surface area contributed by atoms with Gasteiger partial charge in [-0.15, -0.1) is 11.8 Å². The van der Waals surface area contributed by atoms with Gasteiger partial charge in [0.1, 0.15) is 6.04 Å². The van der Waals surface area contributed by atoms with Crippen LogP contribution in [-0.2, 0) is 22.6 Å². The van der Waals surface area contributed by atoms with Gasteiger partial charge in [-0.3, -0.25) is 9.59 Å². The van der Waals surface area contributed by atoms with Crippen LogP contribution in [-0.4, -0.2) is 34.6 Å². The Balaban J connectivity index is 1.83. The number of hydrogen-bond acceptors (Lipinski definition) is 3. The zero-order chi connectivity index (χ0) is 25.2. The van der Waals surface area contributed by atoms with Crippen LogP contribution in [0.3, 0.4) is 0 Å². The van der Waals surface area contributed by atoms with Crippen molar-refractivity contribution in [2.75, 3.05) is 5.75 Å². The summed E-state index contributed by atoms with van der Waals surface area (Å²) in [6.45, 7) is 6.32. The van der Waals surface area contributed by atoms with Crippen molar-refractivity contribution in [3.05, 3.63) is 100 Å². The van der Waals surface area contributed by atoms with E-state index in [0.29, 0.717) is 25.1 Å². The van der Waals surface area contributed by atoms with Gasteiger partial charge in [0, 0.05) is 40.5 Å². The Kier molecular flexibility index (Phi) is 10.4. The fraction of sp³-hybridized carbons (Fsp3) is 0.310. The van der Waals surface area contributed by atoms with Gasteiger partial charge >= 0.3 is 0 Å². The van der Waals surface area contributed by atoms with Crippen molar-refractivity contribution in [1.29, 1.82) is 0 Å². The molecule has 0 fully saturated rings. The summed E-state index contributed by atoms with van der Waals surface area (Å²) in [4.78, 5) is 29.9. The van der Waals surface area contributed by atoms with Gasteiger partial charge in [0.25, 0.3) is 0 Å². The molecule has 3 aromatic carbocycles. The molecular formula is C29H33BrN2O2S. The summed E-state index contributed by atoms with van der Waals surface area (Å²) in [5.41, 5.74) is 3.23. The lowest BCUT2D eigenvalue weighted by atomic mass is 10.0. The fourth-order valence-corrected chi connectivity index (χ4v) is 4.86. The Morgan fingerprint density at radius 1 is 0.914 bits per heavy atom. The maximum Gasteiger partial charge on any atom is 0.243 e. The number of aryl methyl sites for hydroxylation is 1. The lowest BCUT2D eigenvalue weighted by Crippen LogP contribution is -2.51. The Labute approximate surface area is 221 Å². The SMILES string of the molecule is Cc1ccc(SCCC(=O)N(Cc2ccc(Br)cc2)[C@H](Cc2ccccc2)C(=O)NC(C)C)cc1. The minimum Gasteiger partial charge on any atom is -0.352 e. The van der Waals surface area contributed by atoms with E-state index in [9.17, 15) is 9.59 Å². The molecule has 0 spiro atoms. The number of rotatable bonds is 11. The molecule has 3 rings (SSSR count). The lowest BCUT2D eigenvalue weighted by molar-refractivity contribution is -0.141. The number of amides is 2. The predicted octanol–water partition coefficient (Wildman–Crippen LogP) is 6.40. The van der Waals surface area contributed by atoms with Gasteiger partial charge in [-0.1, -0.05) is 76.1 Å². The molecule has 184 valence electrons. The molecule has 0 heterocycles. The van der Waals surface area contributed by atoms with E-state index in [-0.39, 0.29) is 17.9 Å². The standard InChI is InChI=1S/C29H33BrN2O2S/c1-21(2)31-29(34)27(19-23-7-5-4-6-8-23)32(20-24-11-13-25(30)14-12-24)28(33)17-18-35-26-15-9-22(3)10-16-26/h4-16,21,27H,17-20H2,1-3H3,(H,31,34)/t27-/m1/s1. The molecule has 1 N–H and O–H groups in total. The maximum atomic E-state index is 13.6. The zero-order valence-corrected chi connectivity index (χ0v) is 22.9. The molecule has 35 heavy (non-hydrogen) atoms. The monoisotopic (exact) mass is 552 g/mol. The number of nitrogens with one attached hydrogen (secondary N) is 1. The van der Waals surface area contributed by atoms with Gasteiger partial charge in [-0.2, -0.15) is 0 Å². The van der Waals surface area contributed by atoms with Crippen LogP contribution in [0, 0.1) is 6.92 Å². The molecule has 0 unspecified atom stereocenters. The van der Waals surface area contributed by atoms with E-state index < -0.39 is 6.04 Å². The number of nitrogens with zero attached hydrogens (tertiary/aromatic N) is 1. The molecule has 0 aliphatic rings. The van der Waals surface area contributed by atoms with E-state index >= 15 is 0 Å². The van der Waals surface area contributed by atoms with Crippen LogP contribution in [0.15, 0.2) is 88.2 Å². The Morgan fingerprint density at radius 2 is 1.57 bits per heavy atom. The molecule has 0 radical (unpaired) electrons. The first-order valence-corrected chi connectivity index (χ1v) is 13.7. The van der Waals surface area contributed by atoms with Crippen molar-refractivity contribution < 1.29 is 9.59 Å². The van der Waals surface area contributed by atoms with Crippen molar-refractivity contribution >= 4 is 39.5 Å². The summed E-state index contributed by atoms with van der Waals surface area (Å²) in [5.74, 6) is 0.510. The number of carbonyl (C=O) groups excluding carboxylic acids is 2. The second-order valence-electron chi connectivity index (χ2n) is 8.93.